The fraction of sp³-hybridized carbons (Fsp3) is 0.176. The quantitative estimate of drug-likeness (QED) is 0.541. The molecule has 0 saturated heterocycles. The number of halogens is 1. The molecule has 2 aromatic heterocycles. The third-order valence-electron chi connectivity index (χ3n) is 3.61. The maximum Gasteiger partial charge on any atom is 0.290 e. The molecule has 7 nitrogen and oxygen atoms in total. The van der Waals surface area contributed by atoms with Gasteiger partial charge in [0.05, 0.1) is 10.6 Å². The molecule has 0 fully saturated rings. The number of benzene rings is 1. The standard InChI is InChI=1S/C17H15FN4O3/c1-11-8-16(20-9-15(11)22(23)24)19-7-6-14-10-25-17(21-14)12-2-4-13(18)5-3-12/h2-5,8-10H,6-7H2,1H3,(H,19,20). The molecule has 0 unspecified atom stereocenters. The number of anilines is 1. The molecular formula is C17H15FN4O3. The van der Waals surface area contributed by atoms with E-state index in [1.165, 1.54) is 18.3 Å². The van der Waals surface area contributed by atoms with Crippen molar-refractivity contribution in [3.8, 4) is 11.5 Å². The summed E-state index contributed by atoms with van der Waals surface area (Å²) in [7, 11) is 0. The van der Waals surface area contributed by atoms with Crippen LogP contribution in [0.1, 0.15) is 11.3 Å². The third kappa shape index (κ3) is 3.97. The Balaban J connectivity index is 1.58. The van der Waals surface area contributed by atoms with Crippen LogP contribution in [0.5, 0.6) is 0 Å². The Bertz CT molecular complexity index is 893. The normalized spacial score (nSPS) is 10.6. The summed E-state index contributed by atoms with van der Waals surface area (Å²) in [5.41, 5.74) is 1.98. The number of hydrogen-bond donors (Lipinski definition) is 1. The molecule has 8 heteroatoms. The van der Waals surface area contributed by atoms with Gasteiger partial charge in [-0.3, -0.25) is 10.1 Å². The van der Waals surface area contributed by atoms with Gasteiger partial charge in [-0.2, -0.15) is 0 Å². The number of oxazole rings is 1. The van der Waals surface area contributed by atoms with Gasteiger partial charge in [-0.1, -0.05) is 0 Å². The Morgan fingerprint density at radius 3 is 2.76 bits per heavy atom. The maximum atomic E-state index is 12.9. The summed E-state index contributed by atoms with van der Waals surface area (Å²) < 4.78 is 18.3. The van der Waals surface area contributed by atoms with E-state index in [-0.39, 0.29) is 11.5 Å². The second kappa shape index (κ2) is 7.08. The third-order valence-corrected chi connectivity index (χ3v) is 3.61. The van der Waals surface area contributed by atoms with Gasteiger partial charge in [-0.05, 0) is 37.3 Å². The summed E-state index contributed by atoms with van der Waals surface area (Å²) in [6, 6.07) is 7.54. The lowest BCUT2D eigenvalue weighted by Gasteiger charge is -2.05. The molecule has 1 aromatic carbocycles. The first-order valence-electron chi connectivity index (χ1n) is 7.58. The first-order valence-corrected chi connectivity index (χ1v) is 7.58. The van der Waals surface area contributed by atoms with Crippen LogP contribution >= 0.6 is 0 Å². The molecule has 0 aliphatic rings. The lowest BCUT2D eigenvalue weighted by Crippen LogP contribution is -2.07. The van der Waals surface area contributed by atoms with Gasteiger partial charge < -0.3 is 9.73 Å². The van der Waals surface area contributed by atoms with Crippen molar-refractivity contribution >= 4 is 11.5 Å². The van der Waals surface area contributed by atoms with Gasteiger partial charge in [0, 0.05) is 24.1 Å². The Hall–Kier alpha value is -3.29. The van der Waals surface area contributed by atoms with Crippen LogP contribution in [-0.4, -0.2) is 21.4 Å². The van der Waals surface area contributed by atoms with E-state index >= 15 is 0 Å². The first kappa shape index (κ1) is 16.6. The molecule has 128 valence electrons. The van der Waals surface area contributed by atoms with E-state index in [2.05, 4.69) is 15.3 Å². The van der Waals surface area contributed by atoms with Gasteiger partial charge in [0.1, 0.15) is 24.1 Å². The SMILES string of the molecule is Cc1cc(NCCc2coc(-c3ccc(F)cc3)n2)ncc1[N+](=O)[O-]. The minimum atomic E-state index is -0.460. The second-order valence-corrected chi connectivity index (χ2v) is 5.44. The number of pyridine rings is 1. The van der Waals surface area contributed by atoms with Gasteiger partial charge >= 0.3 is 0 Å². The van der Waals surface area contributed by atoms with E-state index in [1.54, 1.807) is 31.4 Å². The molecule has 25 heavy (non-hydrogen) atoms. The fourth-order valence-corrected chi connectivity index (χ4v) is 2.30. The Morgan fingerprint density at radius 2 is 2.08 bits per heavy atom. The molecule has 0 bridgehead atoms. The number of rotatable bonds is 6. The number of hydrogen-bond acceptors (Lipinski definition) is 6. The molecule has 2 heterocycles. The summed E-state index contributed by atoms with van der Waals surface area (Å²) in [5, 5.41) is 13.9. The molecule has 0 saturated carbocycles. The number of aryl methyl sites for hydroxylation is 1. The summed E-state index contributed by atoms with van der Waals surface area (Å²) >= 11 is 0. The molecule has 3 aromatic rings. The lowest BCUT2D eigenvalue weighted by atomic mass is 10.2. The Labute approximate surface area is 142 Å². The topological polar surface area (TPSA) is 94.1 Å². The van der Waals surface area contributed by atoms with Crippen LogP contribution in [0.4, 0.5) is 15.9 Å². The van der Waals surface area contributed by atoms with E-state index in [9.17, 15) is 14.5 Å². The summed E-state index contributed by atoms with van der Waals surface area (Å²) in [6.07, 6.45) is 3.37. The minimum Gasteiger partial charge on any atom is -0.444 e. The summed E-state index contributed by atoms with van der Waals surface area (Å²) in [5.74, 6) is 0.676. The van der Waals surface area contributed by atoms with Crippen molar-refractivity contribution < 1.29 is 13.7 Å². The molecule has 0 aliphatic carbocycles. The van der Waals surface area contributed by atoms with Crippen LogP contribution < -0.4 is 5.32 Å². The van der Waals surface area contributed by atoms with E-state index < -0.39 is 4.92 Å². The largest absolute Gasteiger partial charge is 0.444 e. The lowest BCUT2D eigenvalue weighted by molar-refractivity contribution is -0.385. The second-order valence-electron chi connectivity index (χ2n) is 5.44. The average molecular weight is 342 g/mol. The number of aromatic nitrogens is 2. The van der Waals surface area contributed by atoms with E-state index in [0.717, 1.165) is 5.69 Å². The summed E-state index contributed by atoms with van der Waals surface area (Å²) in [4.78, 5) is 18.7. The predicted molar refractivity (Wildman–Crippen MR) is 89.7 cm³/mol. The van der Waals surface area contributed by atoms with Crippen LogP contribution in [0.3, 0.4) is 0 Å². The predicted octanol–water partition coefficient (Wildman–Crippen LogP) is 3.75. The minimum absolute atomic E-state index is 0.00834. The first-order chi connectivity index (χ1) is 12.0. The van der Waals surface area contributed by atoms with E-state index in [0.29, 0.717) is 35.8 Å². The zero-order valence-corrected chi connectivity index (χ0v) is 13.4. The van der Waals surface area contributed by atoms with E-state index in [4.69, 9.17) is 4.42 Å². The van der Waals surface area contributed by atoms with Crippen LogP contribution in [0, 0.1) is 22.9 Å². The number of nitro groups is 1. The van der Waals surface area contributed by atoms with Crippen molar-refractivity contribution in [2.24, 2.45) is 0 Å². The zero-order valence-electron chi connectivity index (χ0n) is 13.4. The molecule has 0 atom stereocenters. The fourth-order valence-electron chi connectivity index (χ4n) is 2.30. The van der Waals surface area contributed by atoms with Gasteiger partial charge in [0.15, 0.2) is 0 Å². The van der Waals surface area contributed by atoms with Crippen molar-refractivity contribution in [3.63, 3.8) is 0 Å². The maximum absolute atomic E-state index is 12.9. The monoisotopic (exact) mass is 342 g/mol. The molecular weight excluding hydrogens is 327 g/mol. The molecule has 3 rings (SSSR count). The number of nitrogens with one attached hydrogen (secondary N) is 1. The van der Waals surface area contributed by atoms with E-state index in [1.807, 2.05) is 0 Å². The summed E-state index contributed by atoms with van der Waals surface area (Å²) in [6.45, 7) is 2.21. The smallest absolute Gasteiger partial charge is 0.290 e. The Kier molecular flexibility index (Phi) is 4.69. The highest BCUT2D eigenvalue weighted by Crippen LogP contribution is 2.20. The van der Waals surface area contributed by atoms with Gasteiger partial charge in [-0.15, -0.1) is 0 Å². The van der Waals surface area contributed by atoms with Crippen molar-refractivity contribution in [3.05, 3.63) is 70.0 Å². The van der Waals surface area contributed by atoms with Crippen molar-refractivity contribution in [1.29, 1.82) is 0 Å². The van der Waals surface area contributed by atoms with Crippen LogP contribution in [0.2, 0.25) is 0 Å². The van der Waals surface area contributed by atoms with Crippen LogP contribution in [0.15, 0.2) is 47.2 Å². The molecule has 1 N–H and O–H groups in total. The Morgan fingerprint density at radius 1 is 1.32 bits per heavy atom. The molecule has 0 spiro atoms. The molecule has 0 aliphatic heterocycles. The van der Waals surface area contributed by atoms with Gasteiger partial charge in [0.25, 0.3) is 5.69 Å². The van der Waals surface area contributed by atoms with Crippen LogP contribution in [-0.2, 0) is 6.42 Å². The molecule has 0 radical (unpaired) electrons. The average Bonchev–Trinajstić information content (AvgIpc) is 3.04. The van der Waals surface area contributed by atoms with Crippen molar-refractivity contribution in [2.45, 2.75) is 13.3 Å². The van der Waals surface area contributed by atoms with Crippen molar-refractivity contribution in [2.75, 3.05) is 11.9 Å². The van der Waals surface area contributed by atoms with Gasteiger partial charge in [0.2, 0.25) is 5.89 Å². The van der Waals surface area contributed by atoms with Crippen molar-refractivity contribution in [1.82, 2.24) is 9.97 Å². The highest BCUT2D eigenvalue weighted by atomic mass is 19.1. The zero-order chi connectivity index (χ0) is 17.8. The van der Waals surface area contributed by atoms with Crippen LogP contribution in [0.25, 0.3) is 11.5 Å². The highest BCUT2D eigenvalue weighted by molar-refractivity contribution is 5.53. The highest BCUT2D eigenvalue weighted by Gasteiger charge is 2.11. The molecule has 0 amide bonds. The number of nitrogens with zero attached hydrogens (tertiary/aromatic N) is 3. The van der Waals surface area contributed by atoms with Gasteiger partial charge in [-0.25, -0.2) is 14.4 Å².